The van der Waals surface area contributed by atoms with E-state index in [1.165, 1.54) is 0 Å². The number of carbonyl (C=O) groups is 1. The zero-order chi connectivity index (χ0) is 12.3. The molecule has 1 N–H and O–H groups in total. The summed E-state index contributed by atoms with van der Waals surface area (Å²) in [6.45, 7) is 3.12. The number of nitriles is 1. The van der Waals surface area contributed by atoms with Crippen LogP contribution in [0.1, 0.15) is 13.8 Å². The van der Waals surface area contributed by atoms with E-state index in [2.05, 4.69) is 21.2 Å². The van der Waals surface area contributed by atoms with Crippen LogP contribution in [0.3, 0.4) is 0 Å². The number of hydrogen-bond donors (Lipinski definition) is 1. The van der Waals surface area contributed by atoms with Gasteiger partial charge in [0.05, 0.1) is 11.1 Å². The van der Waals surface area contributed by atoms with E-state index in [-0.39, 0.29) is 5.91 Å². The largest absolute Gasteiger partial charge is 0.325 e. The van der Waals surface area contributed by atoms with E-state index in [1.54, 1.807) is 32.0 Å². The van der Waals surface area contributed by atoms with Gasteiger partial charge in [-0.3, -0.25) is 4.79 Å². The van der Waals surface area contributed by atoms with Gasteiger partial charge in [0.15, 0.2) is 0 Å². The van der Waals surface area contributed by atoms with Gasteiger partial charge >= 0.3 is 0 Å². The fourth-order valence-corrected chi connectivity index (χ4v) is 1.34. The first-order valence-electron chi connectivity index (χ1n) is 4.54. The Morgan fingerprint density at radius 2 is 2.19 bits per heavy atom. The van der Waals surface area contributed by atoms with Crippen LogP contribution in [0.25, 0.3) is 0 Å². The van der Waals surface area contributed by atoms with Gasteiger partial charge in [0.25, 0.3) is 0 Å². The Labute approximate surface area is 108 Å². The molecule has 84 valence electrons. The molecule has 0 aliphatic carbocycles. The SMILES string of the molecule is CC(C)(C#N)C(=O)Nc1ccc(Br)c(Cl)c1. The normalized spacial score (nSPS) is 10.7. The lowest BCUT2D eigenvalue weighted by atomic mass is 9.95. The Hall–Kier alpha value is -1.05. The van der Waals surface area contributed by atoms with Crippen LogP contribution >= 0.6 is 27.5 Å². The Bertz CT molecular complexity index is 466. The lowest BCUT2D eigenvalue weighted by molar-refractivity contribution is -0.121. The second kappa shape index (κ2) is 4.86. The molecule has 1 amide bonds. The minimum atomic E-state index is -1.06. The van der Waals surface area contributed by atoms with Gasteiger partial charge in [-0.05, 0) is 48.0 Å². The molecular weight excluding hydrogens is 291 g/mol. The van der Waals surface area contributed by atoms with Crippen molar-refractivity contribution in [1.29, 1.82) is 5.26 Å². The molecule has 0 aliphatic rings. The van der Waals surface area contributed by atoms with Crippen molar-refractivity contribution in [1.82, 2.24) is 0 Å². The molecule has 0 heterocycles. The summed E-state index contributed by atoms with van der Waals surface area (Å²) in [5.74, 6) is -0.353. The van der Waals surface area contributed by atoms with Crippen LogP contribution in [0.2, 0.25) is 5.02 Å². The summed E-state index contributed by atoms with van der Waals surface area (Å²) in [7, 11) is 0. The quantitative estimate of drug-likeness (QED) is 0.907. The zero-order valence-corrected chi connectivity index (χ0v) is 11.2. The predicted octanol–water partition coefficient (Wildman–Crippen LogP) is 3.59. The van der Waals surface area contributed by atoms with Crippen LogP contribution in [-0.4, -0.2) is 5.91 Å². The summed E-state index contributed by atoms with van der Waals surface area (Å²) < 4.78 is 0.756. The van der Waals surface area contributed by atoms with Crippen LogP contribution < -0.4 is 5.32 Å². The van der Waals surface area contributed by atoms with Crippen molar-refractivity contribution in [2.45, 2.75) is 13.8 Å². The molecule has 0 saturated carbocycles. The molecule has 0 fully saturated rings. The van der Waals surface area contributed by atoms with Crippen molar-refractivity contribution >= 4 is 39.1 Å². The minimum Gasteiger partial charge on any atom is -0.325 e. The number of benzene rings is 1. The van der Waals surface area contributed by atoms with E-state index in [0.717, 1.165) is 4.47 Å². The topological polar surface area (TPSA) is 52.9 Å². The van der Waals surface area contributed by atoms with E-state index >= 15 is 0 Å². The van der Waals surface area contributed by atoms with Crippen molar-refractivity contribution in [3.63, 3.8) is 0 Å². The number of nitrogens with zero attached hydrogens (tertiary/aromatic N) is 1. The molecule has 16 heavy (non-hydrogen) atoms. The van der Waals surface area contributed by atoms with Gasteiger partial charge in [-0.2, -0.15) is 5.26 Å². The minimum absolute atomic E-state index is 0.353. The van der Waals surface area contributed by atoms with E-state index in [1.807, 2.05) is 6.07 Å². The molecule has 0 spiro atoms. The van der Waals surface area contributed by atoms with E-state index in [9.17, 15) is 4.79 Å². The highest BCUT2D eigenvalue weighted by Gasteiger charge is 2.27. The van der Waals surface area contributed by atoms with Crippen molar-refractivity contribution in [3.8, 4) is 6.07 Å². The van der Waals surface area contributed by atoms with Gasteiger partial charge in [0, 0.05) is 10.2 Å². The second-order valence-electron chi connectivity index (χ2n) is 3.82. The van der Waals surface area contributed by atoms with Crippen LogP contribution in [0, 0.1) is 16.7 Å². The van der Waals surface area contributed by atoms with Crippen molar-refractivity contribution in [3.05, 3.63) is 27.7 Å². The predicted molar refractivity (Wildman–Crippen MR) is 67.2 cm³/mol. The van der Waals surface area contributed by atoms with Gasteiger partial charge in [-0.1, -0.05) is 11.6 Å². The zero-order valence-electron chi connectivity index (χ0n) is 8.84. The maximum Gasteiger partial charge on any atom is 0.244 e. The third kappa shape index (κ3) is 2.97. The van der Waals surface area contributed by atoms with E-state index in [0.29, 0.717) is 10.7 Å². The van der Waals surface area contributed by atoms with Crippen LogP contribution in [0.5, 0.6) is 0 Å². The number of nitrogens with one attached hydrogen (secondary N) is 1. The highest BCUT2D eigenvalue weighted by Crippen LogP contribution is 2.26. The third-order valence-electron chi connectivity index (χ3n) is 2.02. The number of hydrogen-bond acceptors (Lipinski definition) is 2. The van der Waals surface area contributed by atoms with Gasteiger partial charge in [0.2, 0.25) is 5.91 Å². The number of carbonyl (C=O) groups excluding carboxylic acids is 1. The Morgan fingerprint density at radius 1 is 1.56 bits per heavy atom. The third-order valence-corrected chi connectivity index (χ3v) is 3.26. The average Bonchev–Trinajstić information content (AvgIpc) is 2.23. The smallest absolute Gasteiger partial charge is 0.244 e. The molecule has 0 unspecified atom stereocenters. The molecule has 1 aromatic rings. The van der Waals surface area contributed by atoms with Gasteiger partial charge in [-0.15, -0.1) is 0 Å². The van der Waals surface area contributed by atoms with Gasteiger partial charge in [0.1, 0.15) is 5.41 Å². The molecular formula is C11H10BrClN2O. The highest BCUT2D eigenvalue weighted by molar-refractivity contribution is 9.10. The van der Waals surface area contributed by atoms with E-state index < -0.39 is 5.41 Å². The first-order chi connectivity index (χ1) is 7.36. The summed E-state index contributed by atoms with van der Waals surface area (Å²) in [5.41, 5.74) is -0.485. The van der Waals surface area contributed by atoms with Crippen LogP contribution in [0.15, 0.2) is 22.7 Å². The number of anilines is 1. The molecule has 3 nitrogen and oxygen atoms in total. The molecule has 0 radical (unpaired) electrons. The summed E-state index contributed by atoms with van der Waals surface area (Å²) in [5, 5.41) is 11.9. The summed E-state index contributed by atoms with van der Waals surface area (Å²) in [4.78, 5) is 11.7. The molecule has 0 saturated heterocycles. The first-order valence-corrected chi connectivity index (χ1v) is 5.71. The first kappa shape index (κ1) is 13.0. The number of halogens is 2. The van der Waals surface area contributed by atoms with Crippen molar-refractivity contribution in [2.24, 2.45) is 5.41 Å². The number of amides is 1. The summed E-state index contributed by atoms with van der Waals surface area (Å²) in [6.07, 6.45) is 0. The second-order valence-corrected chi connectivity index (χ2v) is 5.08. The fraction of sp³-hybridized carbons (Fsp3) is 0.273. The summed E-state index contributed by atoms with van der Waals surface area (Å²) in [6, 6.07) is 7.00. The molecule has 0 bridgehead atoms. The summed E-state index contributed by atoms with van der Waals surface area (Å²) >= 11 is 9.13. The lowest BCUT2D eigenvalue weighted by Crippen LogP contribution is -2.29. The lowest BCUT2D eigenvalue weighted by Gasteiger charge is -2.15. The molecule has 1 aromatic carbocycles. The molecule has 0 atom stereocenters. The Balaban J connectivity index is 2.87. The average molecular weight is 302 g/mol. The highest BCUT2D eigenvalue weighted by atomic mass is 79.9. The van der Waals surface area contributed by atoms with Crippen LogP contribution in [-0.2, 0) is 4.79 Å². The van der Waals surface area contributed by atoms with E-state index in [4.69, 9.17) is 16.9 Å². The Morgan fingerprint density at radius 3 is 2.69 bits per heavy atom. The molecule has 5 heteroatoms. The molecule has 0 aliphatic heterocycles. The standard InChI is InChI=1S/C11H10BrClN2O/c1-11(2,6-14)10(16)15-7-3-4-8(12)9(13)5-7/h3-5H,1-2H3,(H,15,16). The van der Waals surface area contributed by atoms with Crippen LogP contribution in [0.4, 0.5) is 5.69 Å². The molecule has 0 aromatic heterocycles. The van der Waals surface area contributed by atoms with Gasteiger partial charge in [-0.25, -0.2) is 0 Å². The molecule has 1 rings (SSSR count). The maximum absolute atomic E-state index is 11.7. The number of rotatable bonds is 2. The monoisotopic (exact) mass is 300 g/mol. The van der Waals surface area contributed by atoms with Crippen molar-refractivity contribution in [2.75, 3.05) is 5.32 Å². The maximum atomic E-state index is 11.7. The fourth-order valence-electron chi connectivity index (χ4n) is 0.912. The van der Waals surface area contributed by atoms with Crippen molar-refractivity contribution < 1.29 is 4.79 Å². The Kier molecular flexibility index (Phi) is 3.95. The van der Waals surface area contributed by atoms with Gasteiger partial charge < -0.3 is 5.32 Å².